The van der Waals surface area contributed by atoms with Gasteiger partial charge in [-0.1, -0.05) is 12.1 Å². The van der Waals surface area contributed by atoms with E-state index in [0.717, 1.165) is 36.9 Å². The van der Waals surface area contributed by atoms with Gasteiger partial charge in [0.15, 0.2) is 5.96 Å². The lowest BCUT2D eigenvalue weighted by molar-refractivity contribution is 0.110. The molecule has 7 nitrogen and oxygen atoms in total. The van der Waals surface area contributed by atoms with E-state index in [-0.39, 0.29) is 0 Å². The molecule has 7 heteroatoms. The summed E-state index contributed by atoms with van der Waals surface area (Å²) in [5.74, 6) is 1.65. The molecule has 2 rings (SSSR count). The van der Waals surface area contributed by atoms with Gasteiger partial charge < -0.3 is 20.1 Å². The molecule has 1 heterocycles. The number of ether oxygens (including phenoxy) is 2. The largest absolute Gasteiger partial charge is 0.491 e. The lowest BCUT2D eigenvalue weighted by Gasteiger charge is -2.14. The van der Waals surface area contributed by atoms with Crippen molar-refractivity contribution in [2.45, 2.75) is 33.9 Å². The van der Waals surface area contributed by atoms with Gasteiger partial charge in [-0.05, 0) is 38.5 Å². The molecule has 0 saturated carbocycles. The van der Waals surface area contributed by atoms with Crippen molar-refractivity contribution in [3.05, 3.63) is 47.8 Å². The van der Waals surface area contributed by atoms with E-state index in [1.165, 1.54) is 5.56 Å². The minimum absolute atomic E-state index is 0.538. The molecule has 0 unspecified atom stereocenters. The van der Waals surface area contributed by atoms with E-state index in [2.05, 4.69) is 47.8 Å². The normalized spacial score (nSPS) is 11.4. The molecule has 2 N–H and O–H groups in total. The van der Waals surface area contributed by atoms with Crippen LogP contribution in [0.1, 0.15) is 25.0 Å². The van der Waals surface area contributed by atoms with Gasteiger partial charge in [0.05, 0.1) is 19.7 Å². The summed E-state index contributed by atoms with van der Waals surface area (Å²) in [5, 5.41) is 10.8. The molecule has 0 atom stereocenters. The number of hydrogen-bond acceptors (Lipinski definition) is 4. The Morgan fingerprint density at radius 1 is 1.22 bits per heavy atom. The Kier molecular flexibility index (Phi) is 9.20. The summed E-state index contributed by atoms with van der Waals surface area (Å²) in [6.45, 7) is 10.8. The van der Waals surface area contributed by atoms with Gasteiger partial charge in [0.25, 0.3) is 0 Å². The molecule has 27 heavy (non-hydrogen) atoms. The fourth-order valence-electron chi connectivity index (χ4n) is 2.51. The van der Waals surface area contributed by atoms with Gasteiger partial charge in [-0.15, -0.1) is 0 Å². The Morgan fingerprint density at radius 3 is 2.85 bits per heavy atom. The zero-order valence-corrected chi connectivity index (χ0v) is 16.6. The molecule has 0 radical (unpaired) electrons. The van der Waals surface area contributed by atoms with Crippen LogP contribution in [-0.4, -0.2) is 48.7 Å². The maximum absolute atomic E-state index is 5.90. The van der Waals surface area contributed by atoms with Crippen molar-refractivity contribution < 1.29 is 9.47 Å². The lowest BCUT2D eigenvalue weighted by atomic mass is 10.1. The van der Waals surface area contributed by atoms with Crippen LogP contribution < -0.4 is 15.4 Å². The van der Waals surface area contributed by atoms with Crippen LogP contribution in [0, 0.1) is 6.92 Å². The summed E-state index contributed by atoms with van der Waals surface area (Å²) >= 11 is 0. The monoisotopic (exact) mass is 373 g/mol. The average molecular weight is 374 g/mol. The van der Waals surface area contributed by atoms with Gasteiger partial charge in [0.2, 0.25) is 0 Å². The van der Waals surface area contributed by atoms with Gasteiger partial charge in [0, 0.05) is 37.7 Å². The first-order chi connectivity index (χ1) is 13.2. The SMILES string of the molecule is CCNC(=NCc1ccc(C)cc1OCCOCC)NCCn1cccn1. The van der Waals surface area contributed by atoms with E-state index in [4.69, 9.17) is 14.5 Å². The second-order valence-corrected chi connectivity index (χ2v) is 6.05. The minimum Gasteiger partial charge on any atom is -0.491 e. The van der Waals surface area contributed by atoms with Crippen molar-refractivity contribution in [2.24, 2.45) is 4.99 Å². The van der Waals surface area contributed by atoms with Crippen molar-refractivity contribution in [1.29, 1.82) is 0 Å². The van der Waals surface area contributed by atoms with Crippen molar-refractivity contribution in [3.63, 3.8) is 0 Å². The average Bonchev–Trinajstić information content (AvgIpc) is 3.18. The third-order valence-corrected chi connectivity index (χ3v) is 3.86. The fourth-order valence-corrected chi connectivity index (χ4v) is 2.51. The number of nitrogens with one attached hydrogen (secondary N) is 2. The molecular weight excluding hydrogens is 342 g/mol. The summed E-state index contributed by atoms with van der Waals surface area (Å²) in [7, 11) is 0. The van der Waals surface area contributed by atoms with Crippen molar-refractivity contribution in [3.8, 4) is 5.75 Å². The predicted octanol–water partition coefficient (Wildman–Crippen LogP) is 2.36. The highest BCUT2D eigenvalue weighted by molar-refractivity contribution is 5.79. The minimum atomic E-state index is 0.538. The highest BCUT2D eigenvalue weighted by Gasteiger charge is 2.05. The topological polar surface area (TPSA) is 72.7 Å². The molecule has 1 aromatic heterocycles. The van der Waals surface area contributed by atoms with Gasteiger partial charge >= 0.3 is 0 Å². The molecule has 0 aliphatic carbocycles. The fraction of sp³-hybridized carbons (Fsp3) is 0.500. The van der Waals surface area contributed by atoms with E-state index >= 15 is 0 Å². The summed E-state index contributed by atoms with van der Waals surface area (Å²) in [5.41, 5.74) is 2.22. The van der Waals surface area contributed by atoms with E-state index in [1.807, 2.05) is 23.9 Å². The van der Waals surface area contributed by atoms with E-state index in [9.17, 15) is 0 Å². The third-order valence-electron chi connectivity index (χ3n) is 3.86. The van der Waals surface area contributed by atoms with Crippen LogP contribution >= 0.6 is 0 Å². The van der Waals surface area contributed by atoms with Crippen LogP contribution in [0.5, 0.6) is 5.75 Å². The standard InChI is InChI=1S/C20H31N5O2/c1-4-21-20(22-10-12-25-11-6-9-24-25)23-16-18-8-7-17(3)15-19(18)27-14-13-26-5-2/h6-9,11,15H,4-5,10,12-14,16H2,1-3H3,(H2,21,22,23). The lowest BCUT2D eigenvalue weighted by Crippen LogP contribution is -2.38. The maximum atomic E-state index is 5.90. The Balaban J connectivity index is 1.94. The molecular formula is C20H31N5O2. The zero-order chi connectivity index (χ0) is 19.3. The summed E-state index contributed by atoms with van der Waals surface area (Å²) in [6, 6.07) is 8.12. The molecule has 0 bridgehead atoms. The Labute approximate surface area is 161 Å². The summed E-state index contributed by atoms with van der Waals surface area (Å²) in [6.07, 6.45) is 3.73. The van der Waals surface area contributed by atoms with Crippen LogP contribution in [0.2, 0.25) is 0 Å². The first-order valence-corrected chi connectivity index (χ1v) is 9.52. The first kappa shape index (κ1) is 20.8. The van der Waals surface area contributed by atoms with E-state index in [1.54, 1.807) is 6.20 Å². The first-order valence-electron chi connectivity index (χ1n) is 9.52. The predicted molar refractivity (Wildman–Crippen MR) is 108 cm³/mol. The number of benzene rings is 1. The molecule has 0 saturated heterocycles. The molecule has 0 spiro atoms. The van der Waals surface area contributed by atoms with Gasteiger partial charge in [0.1, 0.15) is 12.4 Å². The number of aliphatic imine (C=N–C) groups is 1. The van der Waals surface area contributed by atoms with E-state index in [0.29, 0.717) is 26.4 Å². The molecule has 0 fully saturated rings. The molecule has 2 aromatic rings. The van der Waals surface area contributed by atoms with Gasteiger partial charge in [-0.2, -0.15) is 5.10 Å². The van der Waals surface area contributed by atoms with Crippen LogP contribution in [0.3, 0.4) is 0 Å². The smallest absolute Gasteiger partial charge is 0.191 e. The second kappa shape index (κ2) is 12.0. The van der Waals surface area contributed by atoms with E-state index < -0.39 is 0 Å². The number of rotatable bonds is 11. The van der Waals surface area contributed by atoms with Crippen LogP contribution in [0.4, 0.5) is 0 Å². The second-order valence-electron chi connectivity index (χ2n) is 6.05. The zero-order valence-electron chi connectivity index (χ0n) is 16.6. The molecule has 148 valence electrons. The van der Waals surface area contributed by atoms with Crippen LogP contribution in [0.15, 0.2) is 41.7 Å². The Morgan fingerprint density at radius 2 is 2.11 bits per heavy atom. The van der Waals surface area contributed by atoms with Crippen molar-refractivity contribution in [2.75, 3.05) is 32.9 Å². The van der Waals surface area contributed by atoms with Gasteiger partial charge in [-0.3, -0.25) is 4.68 Å². The Bertz CT molecular complexity index is 686. The number of aryl methyl sites for hydroxylation is 1. The number of nitrogens with zero attached hydrogens (tertiary/aromatic N) is 3. The van der Waals surface area contributed by atoms with Crippen molar-refractivity contribution >= 4 is 5.96 Å². The third kappa shape index (κ3) is 7.70. The molecule has 1 aromatic carbocycles. The van der Waals surface area contributed by atoms with Crippen molar-refractivity contribution in [1.82, 2.24) is 20.4 Å². The number of guanidine groups is 1. The highest BCUT2D eigenvalue weighted by Crippen LogP contribution is 2.21. The quantitative estimate of drug-likeness (QED) is 0.359. The Hall–Kier alpha value is -2.54. The van der Waals surface area contributed by atoms with Crippen LogP contribution in [-0.2, 0) is 17.8 Å². The maximum Gasteiger partial charge on any atom is 0.191 e. The number of hydrogen-bond donors (Lipinski definition) is 2. The highest BCUT2D eigenvalue weighted by atomic mass is 16.5. The summed E-state index contributed by atoms with van der Waals surface area (Å²) < 4.78 is 13.1. The molecule has 0 amide bonds. The van der Waals surface area contributed by atoms with Gasteiger partial charge in [-0.25, -0.2) is 4.99 Å². The van der Waals surface area contributed by atoms with Crippen LogP contribution in [0.25, 0.3) is 0 Å². The molecule has 0 aliphatic heterocycles. The number of aromatic nitrogens is 2. The molecule has 0 aliphatic rings. The summed E-state index contributed by atoms with van der Waals surface area (Å²) in [4.78, 5) is 4.69.